The van der Waals surface area contributed by atoms with Gasteiger partial charge in [0.05, 0.1) is 6.61 Å². The third-order valence-corrected chi connectivity index (χ3v) is 5.76. The molecule has 0 fully saturated rings. The van der Waals surface area contributed by atoms with Gasteiger partial charge in [-0.3, -0.25) is 4.40 Å². The minimum absolute atomic E-state index is 0.115. The van der Waals surface area contributed by atoms with Gasteiger partial charge in [-0.2, -0.15) is 13.2 Å². The molecule has 6 rings (SSSR count). The van der Waals surface area contributed by atoms with Gasteiger partial charge in [0.2, 0.25) is 5.95 Å². The number of benzene rings is 1. The van der Waals surface area contributed by atoms with E-state index < -0.39 is 11.9 Å². The average Bonchev–Trinajstić information content (AvgIpc) is 3.56. The normalized spacial score (nSPS) is 13.4. The molecule has 0 unspecified atom stereocenters. The van der Waals surface area contributed by atoms with Crippen molar-refractivity contribution in [1.82, 2.24) is 29.0 Å². The number of imidazole rings is 1. The Balaban J connectivity index is 1.39. The number of rotatable bonds is 4. The molecular weight excluding hydrogens is 454 g/mol. The van der Waals surface area contributed by atoms with E-state index in [0.717, 1.165) is 11.8 Å². The number of aromatic nitrogens is 6. The predicted octanol–water partition coefficient (Wildman–Crippen LogP) is 4.14. The van der Waals surface area contributed by atoms with Crippen LogP contribution in [0.4, 0.5) is 23.5 Å². The lowest BCUT2D eigenvalue weighted by Gasteiger charge is -2.13. The summed E-state index contributed by atoms with van der Waals surface area (Å²) in [6.45, 7) is 0.659. The van der Waals surface area contributed by atoms with E-state index in [0.29, 0.717) is 47.1 Å². The van der Waals surface area contributed by atoms with Crippen LogP contribution in [0.1, 0.15) is 16.8 Å². The van der Waals surface area contributed by atoms with E-state index in [1.54, 1.807) is 22.6 Å². The molecule has 0 aliphatic carbocycles. The molecule has 0 amide bonds. The standard InChI is InChI=1S/C22H15F4N7O/c23-16-3-4-17-12(5-7-34-17)14(16)8-27-21-28-9-15(20-31-29-11-33(20)21)13-2-1-6-32-10-18(22(24,25)26)30-19(13)32/h1-4,6,9-11H,5,7-8H2,(H,27,28). The first-order chi connectivity index (χ1) is 16.4. The molecule has 0 atom stereocenters. The van der Waals surface area contributed by atoms with Gasteiger partial charge in [-0.25, -0.2) is 14.4 Å². The fourth-order valence-electron chi connectivity index (χ4n) is 4.17. The van der Waals surface area contributed by atoms with Crippen LogP contribution in [0.5, 0.6) is 5.75 Å². The largest absolute Gasteiger partial charge is 0.493 e. The van der Waals surface area contributed by atoms with Gasteiger partial charge in [-0.1, -0.05) is 0 Å². The summed E-state index contributed by atoms with van der Waals surface area (Å²) in [6, 6.07) is 6.24. The molecule has 4 aromatic heterocycles. The zero-order valence-corrected chi connectivity index (χ0v) is 17.3. The van der Waals surface area contributed by atoms with Crippen molar-refractivity contribution in [3.05, 3.63) is 71.8 Å². The van der Waals surface area contributed by atoms with Crippen molar-refractivity contribution in [2.45, 2.75) is 19.1 Å². The van der Waals surface area contributed by atoms with Crippen LogP contribution in [0.25, 0.3) is 22.4 Å². The molecule has 1 aromatic carbocycles. The summed E-state index contributed by atoms with van der Waals surface area (Å²) in [5, 5.41) is 11.2. The van der Waals surface area contributed by atoms with Crippen molar-refractivity contribution in [2.24, 2.45) is 0 Å². The van der Waals surface area contributed by atoms with Crippen molar-refractivity contribution in [1.29, 1.82) is 0 Å². The molecule has 8 nitrogen and oxygen atoms in total. The molecule has 5 aromatic rings. The lowest BCUT2D eigenvalue weighted by Crippen LogP contribution is -2.09. The molecule has 34 heavy (non-hydrogen) atoms. The highest BCUT2D eigenvalue weighted by atomic mass is 19.4. The molecule has 1 aliphatic rings. The Kier molecular flexibility index (Phi) is 4.44. The van der Waals surface area contributed by atoms with E-state index in [4.69, 9.17) is 4.74 Å². The quantitative estimate of drug-likeness (QED) is 0.399. The lowest BCUT2D eigenvalue weighted by molar-refractivity contribution is -0.140. The van der Waals surface area contributed by atoms with E-state index in [9.17, 15) is 17.6 Å². The van der Waals surface area contributed by atoms with Crippen LogP contribution in [0.2, 0.25) is 0 Å². The fourth-order valence-corrected chi connectivity index (χ4v) is 4.17. The third kappa shape index (κ3) is 3.21. The maximum atomic E-state index is 14.5. The summed E-state index contributed by atoms with van der Waals surface area (Å²) >= 11 is 0. The van der Waals surface area contributed by atoms with Crippen molar-refractivity contribution >= 4 is 17.2 Å². The molecule has 172 valence electrons. The van der Waals surface area contributed by atoms with Gasteiger partial charge in [0.15, 0.2) is 11.3 Å². The SMILES string of the molecule is Fc1ccc2c(c1CNc1ncc(-c3cccn4cc(C(F)(F)F)nc34)c3nncn13)CCO2. The summed E-state index contributed by atoms with van der Waals surface area (Å²) in [5.41, 5.74) is 1.66. The number of fused-ring (bicyclic) bond motifs is 3. The molecule has 1 N–H and O–H groups in total. The first-order valence-electron chi connectivity index (χ1n) is 10.3. The maximum absolute atomic E-state index is 14.5. The number of alkyl halides is 3. The van der Waals surface area contributed by atoms with Gasteiger partial charge in [0.1, 0.15) is 23.5 Å². The van der Waals surface area contributed by atoms with Crippen molar-refractivity contribution < 1.29 is 22.3 Å². The van der Waals surface area contributed by atoms with E-state index in [2.05, 4.69) is 25.5 Å². The highest BCUT2D eigenvalue weighted by molar-refractivity contribution is 5.86. The van der Waals surface area contributed by atoms with Crippen LogP contribution < -0.4 is 10.1 Å². The molecule has 0 saturated carbocycles. The Morgan fingerprint density at radius 3 is 2.85 bits per heavy atom. The summed E-state index contributed by atoms with van der Waals surface area (Å²) in [7, 11) is 0. The van der Waals surface area contributed by atoms with Gasteiger partial charge < -0.3 is 14.5 Å². The Morgan fingerprint density at radius 1 is 1.12 bits per heavy atom. The summed E-state index contributed by atoms with van der Waals surface area (Å²) in [4.78, 5) is 8.19. The monoisotopic (exact) mass is 469 g/mol. The first kappa shape index (κ1) is 20.4. The number of halogens is 4. The molecule has 1 aliphatic heterocycles. The number of hydrogen-bond donors (Lipinski definition) is 1. The summed E-state index contributed by atoms with van der Waals surface area (Å²) in [6.07, 6.45) is 1.38. The Hall–Kier alpha value is -4.22. The summed E-state index contributed by atoms with van der Waals surface area (Å²) in [5.74, 6) is 0.674. The number of pyridine rings is 1. The minimum Gasteiger partial charge on any atom is -0.493 e. The van der Waals surface area contributed by atoms with E-state index >= 15 is 0 Å². The maximum Gasteiger partial charge on any atom is 0.434 e. The number of anilines is 1. The van der Waals surface area contributed by atoms with Gasteiger partial charge in [0, 0.05) is 53.8 Å². The zero-order valence-electron chi connectivity index (χ0n) is 17.3. The number of ether oxygens (including phenoxy) is 1. The third-order valence-electron chi connectivity index (χ3n) is 5.76. The van der Waals surface area contributed by atoms with E-state index in [1.807, 2.05) is 0 Å². The van der Waals surface area contributed by atoms with Crippen molar-refractivity contribution in [3.63, 3.8) is 0 Å². The topological polar surface area (TPSA) is 81.6 Å². The van der Waals surface area contributed by atoms with Crippen LogP contribution in [-0.4, -0.2) is 35.6 Å². The average molecular weight is 469 g/mol. The van der Waals surface area contributed by atoms with E-state index in [-0.39, 0.29) is 18.0 Å². The van der Waals surface area contributed by atoms with Crippen LogP contribution in [-0.2, 0) is 19.1 Å². The highest BCUT2D eigenvalue weighted by Crippen LogP contribution is 2.33. The molecule has 0 saturated heterocycles. The molecule has 0 spiro atoms. The number of nitrogens with one attached hydrogen (secondary N) is 1. The molecule has 12 heteroatoms. The minimum atomic E-state index is -4.57. The molecular formula is C22H15F4N7O. The van der Waals surface area contributed by atoms with E-state index in [1.165, 1.54) is 29.2 Å². The second-order valence-electron chi connectivity index (χ2n) is 7.75. The van der Waals surface area contributed by atoms with Gasteiger partial charge >= 0.3 is 6.18 Å². The van der Waals surface area contributed by atoms with Crippen LogP contribution >= 0.6 is 0 Å². The zero-order chi connectivity index (χ0) is 23.4. The number of nitrogens with zero attached hydrogens (tertiary/aromatic N) is 6. The van der Waals surface area contributed by atoms with Gasteiger partial charge in [-0.15, -0.1) is 10.2 Å². The van der Waals surface area contributed by atoms with Crippen molar-refractivity contribution in [2.75, 3.05) is 11.9 Å². The fraction of sp³-hybridized carbons (Fsp3) is 0.182. The first-order valence-corrected chi connectivity index (χ1v) is 10.3. The highest BCUT2D eigenvalue weighted by Gasteiger charge is 2.34. The van der Waals surface area contributed by atoms with Gasteiger partial charge in [-0.05, 0) is 24.3 Å². The summed E-state index contributed by atoms with van der Waals surface area (Å²) < 4.78 is 62.4. The Morgan fingerprint density at radius 2 is 2.00 bits per heavy atom. The lowest BCUT2D eigenvalue weighted by atomic mass is 10.0. The van der Waals surface area contributed by atoms with Crippen molar-refractivity contribution in [3.8, 4) is 16.9 Å². The smallest absolute Gasteiger partial charge is 0.434 e. The van der Waals surface area contributed by atoms with Crippen LogP contribution in [0, 0.1) is 5.82 Å². The van der Waals surface area contributed by atoms with Gasteiger partial charge in [0.25, 0.3) is 0 Å². The molecule has 0 bridgehead atoms. The van der Waals surface area contributed by atoms with Crippen LogP contribution in [0.15, 0.2) is 49.2 Å². The number of hydrogen-bond acceptors (Lipinski definition) is 6. The second-order valence-corrected chi connectivity index (χ2v) is 7.75. The second kappa shape index (κ2) is 7.40. The molecule has 0 radical (unpaired) electrons. The predicted molar refractivity (Wildman–Crippen MR) is 113 cm³/mol. The van der Waals surface area contributed by atoms with Crippen LogP contribution in [0.3, 0.4) is 0 Å². The Labute approximate surface area is 188 Å². The Bertz CT molecular complexity index is 1560. The molecule has 5 heterocycles.